The molecule has 34 heavy (non-hydrogen) atoms. The Labute approximate surface area is 203 Å². The Morgan fingerprint density at radius 3 is 2.32 bits per heavy atom. The van der Waals surface area contributed by atoms with Gasteiger partial charge in [-0.2, -0.15) is 4.31 Å². The first-order valence-corrected chi connectivity index (χ1v) is 13.2. The third-order valence-electron chi connectivity index (χ3n) is 6.57. The van der Waals surface area contributed by atoms with Crippen LogP contribution in [-0.2, 0) is 19.6 Å². The van der Waals surface area contributed by atoms with Crippen molar-refractivity contribution in [3.05, 3.63) is 58.1 Å². The van der Waals surface area contributed by atoms with Gasteiger partial charge in [0.1, 0.15) is 0 Å². The maximum atomic E-state index is 13.6. The molecule has 2 aromatic rings. The summed E-state index contributed by atoms with van der Waals surface area (Å²) in [5.41, 5.74) is 5.07. The smallest absolute Gasteiger partial charge is 0.313 e. The number of aryl methyl sites for hydroxylation is 4. The van der Waals surface area contributed by atoms with Gasteiger partial charge in [-0.05, 0) is 82.2 Å². The van der Waals surface area contributed by atoms with E-state index in [0.29, 0.717) is 23.5 Å². The van der Waals surface area contributed by atoms with Crippen LogP contribution in [0.5, 0.6) is 0 Å². The fraction of sp³-hybridized carbons (Fsp3) is 0.462. The fourth-order valence-corrected chi connectivity index (χ4v) is 6.91. The number of rotatable bonds is 6. The topological polar surface area (TPSA) is 95.6 Å². The molecule has 1 heterocycles. The second kappa shape index (κ2) is 10.7. The number of hydrogen-bond donors (Lipinski definition) is 2. The zero-order valence-corrected chi connectivity index (χ0v) is 21.5. The number of amides is 2. The van der Waals surface area contributed by atoms with Crippen molar-refractivity contribution in [2.75, 3.05) is 18.4 Å². The van der Waals surface area contributed by atoms with Gasteiger partial charge in [-0.1, -0.05) is 36.2 Å². The third kappa shape index (κ3) is 5.67. The van der Waals surface area contributed by atoms with E-state index in [1.54, 1.807) is 10.4 Å². The van der Waals surface area contributed by atoms with E-state index in [1.165, 1.54) is 0 Å². The van der Waals surface area contributed by atoms with Crippen molar-refractivity contribution in [1.82, 2.24) is 9.62 Å². The van der Waals surface area contributed by atoms with Gasteiger partial charge in [0, 0.05) is 24.8 Å². The van der Waals surface area contributed by atoms with Crippen molar-refractivity contribution in [2.45, 2.75) is 71.2 Å². The van der Waals surface area contributed by atoms with E-state index in [0.717, 1.165) is 47.1 Å². The van der Waals surface area contributed by atoms with Gasteiger partial charge >= 0.3 is 11.8 Å². The fourth-order valence-electron chi connectivity index (χ4n) is 4.77. The maximum Gasteiger partial charge on any atom is 0.313 e. The molecule has 1 aliphatic rings. The Balaban J connectivity index is 1.65. The van der Waals surface area contributed by atoms with E-state index in [2.05, 4.69) is 10.6 Å². The Bertz CT molecular complexity index is 1170. The summed E-state index contributed by atoms with van der Waals surface area (Å²) in [4.78, 5) is 25.1. The normalized spacial score (nSPS) is 16.8. The summed E-state index contributed by atoms with van der Waals surface area (Å²) in [5, 5.41) is 5.31. The lowest BCUT2D eigenvalue weighted by atomic mass is 10.0. The summed E-state index contributed by atoms with van der Waals surface area (Å²) in [6, 6.07) is 9.09. The first kappa shape index (κ1) is 25.9. The predicted molar refractivity (Wildman–Crippen MR) is 134 cm³/mol. The van der Waals surface area contributed by atoms with Gasteiger partial charge in [-0.3, -0.25) is 9.59 Å². The molecule has 1 saturated heterocycles. The Morgan fingerprint density at radius 1 is 0.971 bits per heavy atom. The van der Waals surface area contributed by atoms with Gasteiger partial charge in [0.05, 0.1) is 4.90 Å². The first-order valence-electron chi connectivity index (χ1n) is 11.8. The van der Waals surface area contributed by atoms with Crippen molar-refractivity contribution < 1.29 is 18.0 Å². The molecule has 2 aromatic carbocycles. The van der Waals surface area contributed by atoms with Crippen LogP contribution in [0.25, 0.3) is 0 Å². The molecule has 0 aromatic heterocycles. The number of carbonyl (C=O) groups excluding carboxylic acids is 2. The number of carbonyl (C=O) groups is 2. The summed E-state index contributed by atoms with van der Waals surface area (Å²) in [7, 11) is -3.66. The lowest BCUT2D eigenvalue weighted by molar-refractivity contribution is -0.136. The molecule has 0 radical (unpaired) electrons. The van der Waals surface area contributed by atoms with Crippen LogP contribution >= 0.6 is 0 Å². The van der Waals surface area contributed by atoms with Crippen LogP contribution in [0.15, 0.2) is 35.2 Å². The quantitative estimate of drug-likeness (QED) is 0.607. The van der Waals surface area contributed by atoms with E-state index in [1.807, 2.05) is 58.9 Å². The molecule has 8 heteroatoms. The first-order chi connectivity index (χ1) is 16.0. The average Bonchev–Trinajstić information content (AvgIpc) is 2.76. The molecule has 1 fully saturated rings. The van der Waals surface area contributed by atoms with E-state index >= 15 is 0 Å². The summed E-state index contributed by atoms with van der Waals surface area (Å²) in [6.07, 6.45) is 2.92. The molecule has 2 N–H and O–H groups in total. The standard InChI is InChI=1S/C26H35N3O4S/c1-17-15-19(3)24(20(4)16-17)34(32,33)29-14-7-6-10-22(29)12-13-27-25(30)26(31)28-23-11-8-9-18(2)21(23)5/h8-9,11,15-16,22H,6-7,10,12-14H2,1-5H3,(H,27,30)(H,28,31)/t22-/m1/s1. The highest BCUT2D eigenvalue weighted by molar-refractivity contribution is 7.89. The minimum absolute atomic E-state index is 0.221. The van der Waals surface area contributed by atoms with Crippen molar-refractivity contribution in [1.29, 1.82) is 0 Å². The molecule has 2 amide bonds. The molecule has 0 saturated carbocycles. The monoisotopic (exact) mass is 485 g/mol. The molecule has 0 aliphatic carbocycles. The van der Waals surface area contributed by atoms with Crippen LogP contribution in [-0.4, -0.2) is 43.7 Å². The minimum atomic E-state index is -3.66. The zero-order valence-electron chi connectivity index (χ0n) is 20.7. The van der Waals surface area contributed by atoms with E-state index in [-0.39, 0.29) is 12.6 Å². The number of piperidine rings is 1. The van der Waals surface area contributed by atoms with Gasteiger partial charge in [-0.15, -0.1) is 0 Å². The number of hydrogen-bond acceptors (Lipinski definition) is 4. The average molecular weight is 486 g/mol. The van der Waals surface area contributed by atoms with E-state index in [4.69, 9.17) is 0 Å². The van der Waals surface area contributed by atoms with Gasteiger partial charge < -0.3 is 10.6 Å². The SMILES string of the molecule is Cc1cc(C)c(S(=O)(=O)N2CCCC[C@@H]2CCNC(=O)C(=O)Nc2cccc(C)c2C)c(C)c1. The number of anilines is 1. The highest BCUT2D eigenvalue weighted by Crippen LogP contribution is 2.31. The number of nitrogens with zero attached hydrogens (tertiary/aromatic N) is 1. The Morgan fingerprint density at radius 2 is 1.65 bits per heavy atom. The Kier molecular flexibility index (Phi) is 8.15. The molecular formula is C26H35N3O4S. The maximum absolute atomic E-state index is 13.6. The molecule has 0 spiro atoms. The molecule has 0 unspecified atom stereocenters. The molecular weight excluding hydrogens is 450 g/mol. The second-order valence-corrected chi connectivity index (χ2v) is 11.1. The van der Waals surface area contributed by atoms with E-state index < -0.39 is 21.8 Å². The van der Waals surface area contributed by atoms with Crippen LogP contribution in [0.4, 0.5) is 5.69 Å². The van der Waals surface area contributed by atoms with E-state index in [9.17, 15) is 18.0 Å². The number of sulfonamides is 1. The van der Waals surface area contributed by atoms with Crippen LogP contribution in [0.2, 0.25) is 0 Å². The molecule has 7 nitrogen and oxygen atoms in total. The van der Waals surface area contributed by atoms with Gasteiger partial charge in [0.25, 0.3) is 0 Å². The lowest BCUT2D eigenvalue weighted by Crippen LogP contribution is -2.46. The predicted octanol–water partition coefficient (Wildman–Crippen LogP) is 3.92. The summed E-state index contributed by atoms with van der Waals surface area (Å²) in [6.45, 7) is 10.1. The van der Waals surface area contributed by atoms with Crippen molar-refractivity contribution in [2.24, 2.45) is 0 Å². The van der Waals surface area contributed by atoms with Crippen LogP contribution < -0.4 is 10.6 Å². The van der Waals surface area contributed by atoms with Gasteiger partial charge in [0.2, 0.25) is 10.0 Å². The molecule has 1 aliphatic heterocycles. The lowest BCUT2D eigenvalue weighted by Gasteiger charge is -2.35. The third-order valence-corrected chi connectivity index (χ3v) is 8.82. The molecule has 3 rings (SSSR count). The zero-order chi connectivity index (χ0) is 25.0. The highest BCUT2D eigenvalue weighted by atomic mass is 32.2. The Hall–Kier alpha value is -2.71. The van der Waals surface area contributed by atoms with Crippen molar-refractivity contribution >= 4 is 27.5 Å². The summed E-state index contributed by atoms with van der Waals surface area (Å²) in [5.74, 6) is -1.45. The van der Waals surface area contributed by atoms with Crippen LogP contribution in [0.3, 0.4) is 0 Å². The van der Waals surface area contributed by atoms with Crippen LogP contribution in [0.1, 0.15) is 53.5 Å². The van der Waals surface area contributed by atoms with Crippen molar-refractivity contribution in [3.63, 3.8) is 0 Å². The molecule has 184 valence electrons. The number of benzene rings is 2. The largest absolute Gasteiger partial charge is 0.348 e. The molecule has 1 atom stereocenters. The number of nitrogens with one attached hydrogen (secondary N) is 2. The summed E-state index contributed by atoms with van der Waals surface area (Å²) >= 11 is 0. The second-order valence-electron chi connectivity index (χ2n) is 9.24. The van der Waals surface area contributed by atoms with Gasteiger partial charge in [-0.25, -0.2) is 8.42 Å². The minimum Gasteiger partial charge on any atom is -0.348 e. The molecule has 0 bridgehead atoms. The highest BCUT2D eigenvalue weighted by Gasteiger charge is 2.35. The van der Waals surface area contributed by atoms with Gasteiger partial charge in [0.15, 0.2) is 0 Å². The summed E-state index contributed by atoms with van der Waals surface area (Å²) < 4.78 is 28.8. The van der Waals surface area contributed by atoms with Crippen molar-refractivity contribution in [3.8, 4) is 0 Å². The van der Waals surface area contributed by atoms with Crippen LogP contribution in [0, 0.1) is 34.6 Å².